The summed E-state index contributed by atoms with van der Waals surface area (Å²) in [6, 6.07) is 5.96. The minimum Gasteiger partial charge on any atom is -0.425 e. The second-order valence-electron chi connectivity index (χ2n) is 3.86. The van der Waals surface area contributed by atoms with Gasteiger partial charge in [-0.3, -0.25) is 9.59 Å². The van der Waals surface area contributed by atoms with Gasteiger partial charge in [0.1, 0.15) is 11.1 Å². The predicted molar refractivity (Wildman–Crippen MR) is 66.7 cm³/mol. The van der Waals surface area contributed by atoms with Gasteiger partial charge in [-0.25, -0.2) is 0 Å². The molecular weight excluding hydrogens is 263 g/mol. The Balaban J connectivity index is 2.70. The summed E-state index contributed by atoms with van der Waals surface area (Å²) in [6.45, 7) is 3.66. The zero-order valence-electron chi connectivity index (χ0n) is 9.44. The highest BCUT2D eigenvalue weighted by Crippen LogP contribution is 2.17. The molecule has 1 rings (SSSR count). The second-order valence-corrected chi connectivity index (χ2v) is 4.68. The Morgan fingerprint density at radius 1 is 1.18 bits per heavy atom. The van der Waals surface area contributed by atoms with E-state index in [-0.39, 0.29) is 5.92 Å². The van der Waals surface area contributed by atoms with Gasteiger partial charge in [0.15, 0.2) is 0 Å². The van der Waals surface area contributed by atoms with Gasteiger partial charge in [0, 0.05) is 5.56 Å². The molecule has 3 nitrogen and oxygen atoms in total. The topological polar surface area (TPSA) is 43.4 Å². The molecule has 0 spiro atoms. The molecule has 0 aromatic heterocycles. The van der Waals surface area contributed by atoms with Gasteiger partial charge in [-0.1, -0.05) is 13.8 Å². The van der Waals surface area contributed by atoms with E-state index in [4.69, 9.17) is 27.9 Å². The van der Waals surface area contributed by atoms with Crippen molar-refractivity contribution in [1.82, 2.24) is 0 Å². The van der Waals surface area contributed by atoms with Crippen LogP contribution >= 0.6 is 23.2 Å². The highest BCUT2D eigenvalue weighted by atomic mass is 35.5. The van der Waals surface area contributed by atoms with E-state index >= 15 is 0 Å². The molecule has 0 saturated heterocycles. The Labute approximate surface area is 110 Å². The molecule has 0 heterocycles. The minimum atomic E-state index is -0.690. The SMILES string of the molecule is CC(C)C(Cl)C(=O)Oc1ccc(C(=O)Cl)cc1. The van der Waals surface area contributed by atoms with Crippen molar-refractivity contribution in [2.45, 2.75) is 19.2 Å². The molecular formula is C12H12Cl2O3. The van der Waals surface area contributed by atoms with Crippen molar-refractivity contribution in [1.29, 1.82) is 0 Å². The van der Waals surface area contributed by atoms with Crippen LogP contribution in [-0.2, 0) is 4.79 Å². The van der Waals surface area contributed by atoms with E-state index in [2.05, 4.69) is 0 Å². The minimum absolute atomic E-state index is 0.00661. The van der Waals surface area contributed by atoms with E-state index in [0.717, 1.165) is 0 Å². The molecule has 92 valence electrons. The zero-order valence-corrected chi connectivity index (χ0v) is 11.0. The van der Waals surface area contributed by atoms with Crippen LogP contribution in [0.25, 0.3) is 0 Å². The smallest absolute Gasteiger partial charge is 0.329 e. The molecule has 0 saturated carbocycles. The van der Waals surface area contributed by atoms with Crippen LogP contribution in [0, 0.1) is 5.92 Å². The van der Waals surface area contributed by atoms with Crippen molar-refractivity contribution in [2.75, 3.05) is 0 Å². The zero-order chi connectivity index (χ0) is 13.0. The fourth-order valence-corrected chi connectivity index (χ4v) is 1.27. The Hall–Kier alpha value is -1.06. The van der Waals surface area contributed by atoms with Crippen LogP contribution in [0.15, 0.2) is 24.3 Å². The number of carbonyl (C=O) groups is 2. The molecule has 0 bridgehead atoms. The van der Waals surface area contributed by atoms with Crippen molar-refractivity contribution < 1.29 is 14.3 Å². The average Bonchev–Trinajstić information content (AvgIpc) is 2.28. The Morgan fingerprint density at radius 3 is 2.12 bits per heavy atom. The summed E-state index contributed by atoms with van der Waals surface area (Å²) in [5.74, 6) is -0.178. The molecule has 0 aliphatic carbocycles. The van der Waals surface area contributed by atoms with Crippen molar-refractivity contribution in [2.24, 2.45) is 5.92 Å². The number of esters is 1. The molecule has 5 heteroatoms. The van der Waals surface area contributed by atoms with Crippen LogP contribution in [0.5, 0.6) is 5.75 Å². The van der Waals surface area contributed by atoms with Crippen molar-refractivity contribution in [3.05, 3.63) is 29.8 Å². The summed E-state index contributed by atoms with van der Waals surface area (Å²) in [4.78, 5) is 22.3. The first-order chi connectivity index (χ1) is 7.91. The monoisotopic (exact) mass is 274 g/mol. The van der Waals surface area contributed by atoms with Gasteiger partial charge < -0.3 is 4.74 Å². The number of carbonyl (C=O) groups excluding carboxylic acids is 2. The quantitative estimate of drug-likeness (QED) is 0.366. The number of benzene rings is 1. The fourth-order valence-electron chi connectivity index (χ4n) is 1.10. The van der Waals surface area contributed by atoms with Crippen LogP contribution in [0.2, 0.25) is 0 Å². The van der Waals surface area contributed by atoms with E-state index in [1.807, 2.05) is 13.8 Å². The normalized spacial score (nSPS) is 12.3. The lowest BCUT2D eigenvalue weighted by Crippen LogP contribution is -2.25. The average molecular weight is 275 g/mol. The lowest BCUT2D eigenvalue weighted by molar-refractivity contribution is -0.134. The Morgan fingerprint density at radius 2 is 1.71 bits per heavy atom. The molecule has 0 fully saturated rings. The third kappa shape index (κ3) is 4.02. The third-order valence-corrected chi connectivity index (χ3v) is 3.01. The number of ether oxygens (including phenoxy) is 1. The molecule has 0 radical (unpaired) electrons. The van der Waals surface area contributed by atoms with Gasteiger partial charge in [-0.2, -0.15) is 0 Å². The first-order valence-corrected chi connectivity index (χ1v) is 5.89. The summed E-state index contributed by atoms with van der Waals surface area (Å²) in [5, 5.41) is -1.25. The van der Waals surface area contributed by atoms with E-state index in [1.165, 1.54) is 24.3 Å². The Bertz CT molecular complexity index is 412. The van der Waals surface area contributed by atoms with E-state index in [1.54, 1.807) is 0 Å². The van der Waals surface area contributed by atoms with Crippen LogP contribution in [0.4, 0.5) is 0 Å². The molecule has 1 atom stereocenters. The van der Waals surface area contributed by atoms with Gasteiger partial charge in [0.05, 0.1) is 0 Å². The number of hydrogen-bond acceptors (Lipinski definition) is 3. The maximum Gasteiger partial charge on any atom is 0.329 e. The van der Waals surface area contributed by atoms with Crippen LogP contribution in [-0.4, -0.2) is 16.6 Å². The lowest BCUT2D eigenvalue weighted by Gasteiger charge is -2.12. The van der Waals surface area contributed by atoms with Gasteiger partial charge in [0.2, 0.25) is 0 Å². The molecule has 1 unspecified atom stereocenters. The van der Waals surface area contributed by atoms with Crippen molar-refractivity contribution in [3.8, 4) is 5.75 Å². The predicted octanol–water partition coefficient (Wildman–Crippen LogP) is 3.23. The highest BCUT2D eigenvalue weighted by molar-refractivity contribution is 6.67. The van der Waals surface area contributed by atoms with Crippen LogP contribution < -0.4 is 4.74 Å². The maximum atomic E-state index is 11.5. The summed E-state index contributed by atoms with van der Waals surface area (Å²) in [6.07, 6.45) is 0. The van der Waals surface area contributed by atoms with Gasteiger partial charge in [0.25, 0.3) is 5.24 Å². The largest absolute Gasteiger partial charge is 0.425 e. The van der Waals surface area contributed by atoms with E-state index < -0.39 is 16.6 Å². The molecule has 0 amide bonds. The van der Waals surface area contributed by atoms with Crippen molar-refractivity contribution in [3.63, 3.8) is 0 Å². The summed E-state index contributed by atoms with van der Waals surface area (Å²) >= 11 is 11.1. The highest BCUT2D eigenvalue weighted by Gasteiger charge is 2.21. The first-order valence-electron chi connectivity index (χ1n) is 5.07. The second kappa shape index (κ2) is 6.03. The maximum absolute atomic E-state index is 11.5. The van der Waals surface area contributed by atoms with Gasteiger partial charge in [-0.05, 0) is 41.8 Å². The van der Waals surface area contributed by atoms with E-state index in [0.29, 0.717) is 11.3 Å². The van der Waals surface area contributed by atoms with E-state index in [9.17, 15) is 9.59 Å². The van der Waals surface area contributed by atoms with Gasteiger partial charge in [-0.15, -0.1) is 11.6 Å². The number of alkyl halides is 1. The third-order valence-electron chi connectivity index (χ3n) is 2.11. The molecule has 1 aromatic rings. The molecule has 0 N–H and O–H groups in total. The summed E-state index contributed by atoms with van der Waals surface area (Å²) in [7, 11) is 0. The lowest BCUT2D eigenvalue weighted by atomic mass is 10.1. The van der Waals surface area contributed by atoms with Crippen LogP contribution in [0.3, 0.4) is 0 Å². The number of rotatable bonds is 4. The molecule has 0 aliphatic heterocycles. The summed E-state index contributed by atoms with van der Waals surface area (Å²) < 4.78 is 5.05. The number of hydrogen-bond donors (Lipinski definition) is 0. The fraction of sp³-hybridized carbons (Fsp3) is 0.333. The Kier molecular flexibility index (Phi) is 4.97. The molecule has 1 aromatic carbocycles. The standard InChI is InChI=1S/C12H12Cl2O3/c1-7(2)10(13)12(16)17-9-5-3-8(4-6-9)11(14)15/h3-7,10H,1-2H3. The first kappa shape index (κ1) is 14.0. The van der Waals surface area contributed by atoms with Crippen LogP contribution in [0.1, 0.15) is 24.2 Å². The van der Waals surface area contributed by atoms with Gasteiger partial charge >= 0.3 is 5.97 Å². The number of halogens is 2. The molecule has 17 heavy (non-hydrogen) atoms. The summed E-state index contributed by atoms with van der Waals surface area (Å²) in [5.41, 5.74) is 0.345. The molecule has 0 aliphatic rings. The van der Waals surface area contributed by atoms with Crippen molar-refractivity contribution >= 4 is 34.4 Å².